The molecule has 0 spiro atoms. The van der Waals surface area contributed by atoms with Crippen LogP contribution in [0, 0.1) is 11.8 Å². The Kier molecular flexibility index (Phi) is 4.57. The maximum Gasteiger partial charge on any atom is 0.255 e. The van der Waals surface area contributed by atoms with Crippen molar-refractivity contribution >= 4 is 23.2 Å². The molecule has 10 heteroatoms. The zero-order chi connectivity index (χ0) is 23.9. The summed E-state index contributed by atoms with van der Waals surface area (Å²) >= 11 is 0. The number of nitrogens with two attached hydrogens (primary N) is 1. The van der Waals surface area contributed by atoms with Crippen LogP contribution >= 0.6 is 0 Å². The van der Waals surface area contributed by atoms with E-state index in [0.29, 0.717) is 0 Å². The molecule has 3 aliphatic carbocycles. The van der Waals surface area contributed by atoms with Crippen molar-refractivity contribution in [3.8, 4) is 5.75 Å². The Morgan fingerprint density at radius 1 is 1.16 bits per heavy atom. The molecule has 0 aliphatic heterocycles. The Labute approximate surface area is 182 Å². The first kappa shape index (κ1) is 22.0. The van der Waals surface area contributed by atoms with Crippen molar-refractivity contribution < 1.29 is 39.9 Å². The summed E-state index contributed by atoms with van der Waals surface area (Å²) in [6.45, 7) is 1.40. The first-order valence-electron chi connectivity index (χ1n) is 9.97. The average Bonchev–Trinajstić information content (AvgIpc) is 2.68. The minimum atomic E-state index is -2.75. The van der Waals surface area contributed by atoms with Crippen LogP contribution in [0.3, 0.4) is 0 Å². The molecule has 0 unspecified atom stereocenters. The fraction of sp³-hybridized carbons (Fsp3) is 0.409. The van der Waals surface area contributed by atoms with Gasteiger partial charge in [-0.3, -0.25) is 19.3 Å². The zero-order valence-corrected chi connectivity index (χ0v) is 17.7. The highest BCUT2D eigenvalue weighted by atomic mass is 16.5. The van der Waals surface area contributed by atoms with Crippen LogP contribution < -0.4 is 5.73 Å². The quantitative estimate of drug-likeness (QED) is 0.192. The lowest BCUT2D eigenvalue weighted by Crippen LogP contribution is -2.67. The summed E-state index contributed by atoms with van der Waals surface area (Å²) in [6.07, 6.45) is -0.200. The van der Waals surface area contributed by atoms with Crippen LogP contribution in [0.25, 0.3) is 5.76 Å². The predicted molar refractivity (Wildman–Crippen MR) is 110 cm³/mol. The second kappa shape index (κ2) is 6.64. The summed E-state index contributed by atoms with van der Waals surface area (Å²) in [5.74, 6) is -7.90. The van der Waals surface area contributed by atoms with Crippen LogP contribution in [-0.4, -0.2) is 73.6 Å². The van der Waals surface area contributed by atoms with Gasteiger partial charge in [-0.15, -0.1) is 0 Å². The second-order valence-corrected chi connectivity index (χ2v) is 8.96. The third-order valence-electron chi connectivity index (χ3n) is 7.02. The van der Waals surface area contributed by atoms with Gasteiger partial charge in [0.1, 0.15) is 22.8 Å². The van der Waals surface area contributed by atoms with Gasteiger partial charge in [0, 0.05) is 17.4 Å². The highest BCUT2D eigenvalue weighted by molar-refractivity contribution is 6.24. The van der Waals surface area contributed by atoms with E-state index in [1.807, 2.05) is 0 Å². The first-order chi connectivity index (χ1) is 14.8. The van der Waals surface area contributed by atoms with Crippen molar-refractivity contribution in [2.24, 2.45) is 17.6 Å². The summed E-state index contributed by atoms with van der Waals surface area (Å²) in [5.41, 5.74) is -0.548. The number of aliphatic hydroxyl groups is 4. The average molecular weight is 468 g/mol. The maximum absolute atomic E-state index is 13.7. The Hall–Kier alpha value is -3.21. The SMILES string of the molecule is [13CH3][15N]([13CH3])[13C@@H]1[13C](=O)[13C]([13C]([15NH2])=O)=[13C](O)[13C@@]2(O)[13C](=O)[13C]3=[13C](O)[13c]4[13c](O)[13cH][13cH][13cH][13c]4[13C@@]([13CH3])(O)[13C@H]3[13CH2][13C@@H]12. The van der Waals surface area contributed by atoms with Gasteiger partial charge >= 0.3 is 0 Å². The van der Waals surface area contributed by atoms with Gasteiger partial charge in [-0.1, -0.05) is 12.1 Å². The van der Waals surface area contributed by atoms with E-state index in [4.69, 9.17) is 5.73 Å². The molecule has 1 saturated carbocycles. The van der Waals surface area contributed by atoms with Crippen molar-refractivity contribution in [2.45, 2.75) is 30.6 Å². The number of phenolic OH excluding ortho intramolecular Hbond substituents is 1. The molecule has 1 fully saturated rings. The van der Waals surface area contributed by atoms with Crippen molar-refractivity contribution in [1.82, 2.24) is 4.90 Å². The number of nitrogens with zero attached hydrogens (tertiary/aromatic N) is 1. The van der Waals surface area contributed by atoms with Gasteiger partial charge in [0.15, 0.2) is 11.4 Å². The van der Waals surface area contributed by atoms with Crippen LogP contribution in [0.4, 0.5) is 0 Å². The van der Waals surface area contributed by atoms with E-state index < -0.39 is 75.0 Å². The molecule has 3 aliphatic rings. The molecule has 0 aromatic heterocycles. The second-order valence-electron chi connectivity index (χ2n) is 8.96. The number of primary amides is 1. The van der Waals surface area contributed by atoms with E-state index in [1.54, 1.807) is 0 Å². The monoisotopic (exact) mass is 468 g/mol. The van der Waals surface area contributed by atoms with E-state index in [0.717, 1.165) is 0 Å². The number of aliphatic hydroxyl groups excluding tert-OH is 2. The molecular weight excluding hydrogens is 444 g/mol. The van der Waals surface area contributed by atoms with E-state index in [1.165, 1.54) is 44.1 Å². The Balaban J connectivity index is 2.05. The number of phenols is 1. The van der Waals surface area contributed by atoms with Crippen molar-refractivity contribution in [1.29, 1.82) is 0 Å². The molecule has 7 N–H and O–H groups in total. The molecular formula is C22H24N2O8. The van der Waals surface area contributed by atoms with Gasteiger partial charge in [-0.05, 0) is 39.1 Å². The Morgan fingerprint density at radius 3 is 2.34 bits per heavy atom. The largest absolute Gasteiger partial charge is 0.508 e. The third-order valence-corrected chi connectivity index (χ3v) is 7.02. The van der Waals surface area contributed by atoms with E-state index >= 15 is 0 Å². The normalized spacial score (nSPS) is 34.4. The molecule has 0 saturated heterocycles. The summed E-state index contributed by atoms with van der Waals surface area (Å²) < 4.78 is 0. The summed E-state index contributed by atoms with van der Waals surface area (Å²) in [6, 6.07) is 3.02. The summed E-state index contributed by atoms with van der Waals surface area (Å²) in [7, 11) is 3.01. The summed E-state index contributed by atoms with van der Waals surface area (Å²) in [4.78, 5) is 40.0. The lowest BCUT2D eigenvalue weighted by atomic mass is 10.5. The van der Waals surface area contributed by atoms with E-state index in [-0.39, 0.29) is 17.5 Å². The number of fused-ring (bicyclic) bond motifs is 3. The highest BCUT2D eigenvalue weighted by Gasteiger charge is 2.66. The molecule has 0 bridgehead atoms. The lowest BCUT2D eigenvalue weighted by Gasteiger charge is -2.53. The van der Waals surface area contributed by atoms with Gasteiger partial charge in [0.05, 0.1) is 17.2 Å². The number of hydrogen-bond acceptors (Lipinski definition) is 9. The fourth-order valence-corrected chi connectivity index (χ4v) is 5.50. The highest BCUT2D eigenvalue weighted by Crippen LogP contribution is 2.57. The number of Topliss-reactive ketones (excluding diaryl/α,β-unsaturated/α-hetero) is 2. The van der Waals surface area contributed by atoms with Crippen LogP contribution in [-0.2, 0) is 20.0 Å². The smallest absolute Gasteiger partial charge is 0.255 e. The molecule has 4 rings (SSSR count). The number of amides is 1. The third kappa shape index (κ3) is 2.48. The van der Waals surface area contributed by atoms with Crippen LogP contribution in [0.1, 0.15) is 24.5 Å². The Morgan fingerprint density at radius 2 is 1.78 bits per heavy atom. The zero-order valence-electron chi connectivity index (χ0n) is 17.7. The fourth-order valence-electron chi connectivity index (χ4n) is 5.50. The molecule has 1 aromatic carbocycles. The molecule has 1 amide bonds. The number of hydrogen-bond donors (Lipinski definition) is 6. The van der Waals surface area contributed by atoms with Crippen LogP contribution in [0.5, 0.6) is 5.75 Å². The molecule has 1 aromatic rings. The minimum Gasteiger partial charge on any atom is -0.508 e. The topological polar surface area (TPSA) is 182 Å². The minimum absolute atomic E-state index is 0.170. The van der Waals surface area contributed by atoms with Crippen molar-refractivity contribution in [3.63, 3.8) is 0 Å². The standard InChI is InChI=1S/C22H24N2O8/c1-21(31)8-5-4-6-11(25)12(8)16(26)13-9(21)7-10-15(24(2)3)17(27)14(20(23)30)19(29)22(10,32)18(13)28/h4-6,9-10,15,25-26,29,31-32H,7H2,1-3H3,(H2,23,30)/t9-,10-,15-,21+,22-/m0/s1/i1+1,2+1,3+1,4+1,5+1,6+1,7+1,8+1,9+1,10+1,11+1,12+1,13+1,14+1,15+1,16+1,17+1,18+1,19+1,20+1,21+1,22+1,23+1,24+1. The van der Waals surface area contributed by atoms with Gasteiger partial charge in [-0.2, -0.15) is 0 Å². The number of likely N-dealkylation sites (N-methyl/N-ethyl adjacent to an activating group) is 1. The molecule has 0 radical (unpaired) electrons. The molecule has 5 atom stereocenters. The van der Waals surface area contributed by atoms with Crippen molar-refractivity contribution in [3.05, 3.63) is 46.2 Å². The maximum atomic E-state index is 13.7. The molecule has 10 nitrogen and oxygen atoms in total. The van der Waals surface area contributed by atoms with Crippen molar-refractivity contribution in [2.75, 3.05) is 14.1 Å². The number of aromatic hydroxyl groups is 1. The van der Waals surface area contributed by atoms with Crippen LogP contribution in [0.15, 0.2) is 35.1 Å². The number of rotatable bonds is 2. The Bertz CT molecular complexity index is 1150. The van der Waals surface area contributed by atoms with E-state index in [9.17, 15) is 39.9 Å². The number of carbonyl (C=O) groups excluding carboxylic acids is 3. The van der Waals surface area contributed by atoms with Gasteiger partial charge < -0.3 is 31.3 Å². The summed E-state index contributed by atoms with van der Waals surface area (Å²) in [5, 5.41) is 54.9. The molecule has 32 heavy (non-hydrogen) atoms. The lowest BCUT2D eigenvalue weighted by molar-refractivity contribution is -0.159. The molecule has 170 valence electrons. The number of benzene rings is 1. The molecule has 0 heterocycles. The van der Waals surface area contributed by atoms with E-state index in [2.05, 4.69) is 0 Å². The van der Waals surface area contributed by atoms with Crippen LogP contribution in [0.2, 0.25) is 0 Å². The first-order valence-corrected chi connectivity index (χ1v) is 9.97. The van der Waals surface area contributed by atoms with Gasteiger partial charge in [0.2, 0.25) is 5.78 Å². The number of carbonyl (C=O) groups is 3. The number of ketones is 2. The van der Waals surface area contributed by atoms with Gasteiger partial charge in [-0.25, -0.2) is 0 Å². The predicted octanol–water partition coefficient (Wildman–Crippen LogP) is -0.371. The van der Waals surface area contributed by atoms with Gasteiger partial charge in [0.25, 0.3) is 5.91 Å².